The van der Waals surface area contributed by atoms with Crippen molar-refractivity contribution >= 4 is 11.3 Å². The molecule has 1 heterocycles. The second-order valence-corrected chi connectivity index (χ2v) is 4.23. The van der Waals surface area contributed by atoms with E-state index in [1.807, 2.05) is 0 Å². The molecule has 0 aromatic carbocycles. The van der Waals surface area contributed by atoms with E-state index in [-0.39, 0.29) is 6.04 Å². The summed E-state index contributed by atoms with van der Waals surface area (Å²) in [5.74, 6) is 0.687. The van der Waals surface area contributed by atoms with Crippen LogP contribution in [0.4, 0.5) is 0 Å². The molecule has 0 saturated carbocycles. The summed E-state index contributed by atoms with van der Waals surface area (Å²) in [4.78, 5) is 1.30. The van der Waals surface area contributed by atoms with E-state index in [1.54, 1.807) is 11.3 Å². The monoisotopic (exact) mass is 169 g/mol. The molecule has 0 bridgehead atoms. The Labute approximate surface area is 72.2 Å². The van der Waals surface area contributed by atoms with Gasteiger partial charge >= 0.3 is 0 Å². The molecule has 62 valence electrons. The van der Waals surface area contributed by atoms with E-state index >= 15 is 0 Å². The molecule has 1 nitrogen and oxygen atoms in total. The van der Waals surface area contributed by atoms with Gasteiger partial charge in [0.2, 0.25) is 0 Å². The van der Waals surface area contributed by atoms with Crippen LogP contribution in [0.2, 0.25) is 0 Å². The number of rotatable bonds is 3. The quantitative estimate of drug-likeness (QED) is 0.739. The summed E-state index contributed by atoms with van der Waals surface area (Å²) < 4.78 is 0. The second-order valence-electron chi connectivity index (χ2n) is 3.25. The van der Waals surface area contributed by atoms with Crippen molar-refractivity contribution in [3.05, 3.63) is 22.4 Å². The standard InChI is InChI=1S/C9H15NS/c1-7(2)6-8(10)9-4-3-5-11-9/h3-5,7-8H,6,10H2,1-2H3. The van der Waals surface area contributed by atoms with Crippen molar-refractivity contribution in [2.24, 2.45) is 11.7 Å². The fourth-order valence-corrected chi connectivity index (χ4v) is 1.87. The Morgan fingerprint density at radius 1 is 1.55 bits per heavy atom. The molecular formula is C9H15NS. The number of nitrogens with two attached hydrogens (primary N) is 1. The minimum absolute atomic E-state index is 0.245. The number of thiophene rings is 1. The van der Waals surface area contributed by atoms with Gasteiger partial charge < -0.3 is 5.73 Å². The Hall–Kier alpha value is -0.340. The van der Waals surface area contributed by atoms with Gasteiger partial charge in [-0.15, -0.1) is 11.3 Å². The van der Waals surface area contributed by atoms with Gasteiger partial charge in [0.1, 0.15) is 0 Å². The lowest BCUT2D eigenvalue weighted by molar-refractivity contribution is 0.515. The van der Waals surface area contributed by atoms with Crippen molar-refractivity contribution in [1.82, 2.24) is 0 Å². The van der Waals surface area contributed by atoms with Crippen LogP contribution < -0.4 is 5.73 Å². The highest BCUT2D eigenvalue weighted by Crippen LogP contribution is 2.22. The first-order valence-corrected chi connectivity index (χ1v) is 4.87. The predicted molar refractivity (Wildman–Crippen MR) is 50.7 cm³/mol. The van der Waals surface area contributed by atoms with E-state index in [0.29, 0.717) is 5.92 Å². The third kappa shape index (κ3) is 2.64. The van der Waals surface area contributed by atoms with Crippen LogP contribution in [0.3, 0.4) is 0 Å². The summed E-state index contributed by atoms with van der Waals surface area (Å²) in [6.07, 6.45) is 1.08. The molecule has 0 aliphatic heterocycles. The summed E-state index contributed by atoms with van der Waals surface area (Å²) in [6, 6.07) is 4.41. The molecule has 2 N–H and O–H groups in total. The highest BCUT2D eigenvalue weighted by molar-refractivity contribution is 7.10. The van der Waals surface area contributed by atoms with Crippen LogP contribution >= 0.6 is 11.3 Å². The summed E-state index contributed by atoms with van der Waals surface area (Å²) in [7, 11) is 0. The Bertz CT molecular complexity index is 191. The van der Waals surface area contributed by atoms with Crippen LogP contribution in [0, 0.1) is 5.92 Å². The van der Waals surface area contributed by atoms with Gasteiger partial charge in [-0.1, -0.05) is 19.9 Å². The summed E-state index contributed by atoms with van der Waals surface area (Å²) >= 11 is 1.75. The van der Waals surface area contributed by atoms with Crippen LogP contribution in [-0.4, -0.2) is 0 Å². The van der Waals surface area contributed by atoms with Crippen molar-refractivity contribution in [1.29, 1.82) is 0 Å². The minimum Gasteiger partial charge on any atom is -0.323 e. The van der Waals surface area contributed by atoms with E-state index in [9.17, 15) is 0 Å². The SMILES string of the molecule is CC(C)CC(N)c1cccs1. The van der Waals surface area contributed by atoms with E-state index in [2.05, 4.69) is 31.4 Å². The molecule has 0 aliphatic carbocycles. The smallest absolute Gasteiger partial charge is 0.0392 e. The number of hydrogen-bond donors (Lipinski definition) is 1. The Balaban J connectivity index is 2.49. The van der Waals surface area contributed by atoms with Gasteiger partial charge in [0.15, 0.2) is 0 Å². The van der Waals surface area contributed by atoms with Crippen molar-refractivity contribution in [2.45, 2.75) is 26.3 Å². The second kappa shape index (κ2) is 3.88. The molecular weight excluding hydrogens is 154 g/mol. The van der Waals surface area contributed by atoms with Crippen LogP contribution in [0.25, 0.3) is 0 Å². The average molecular weight is 169 g/mol. The van der Waals surface area contributed by atoms with E-state index in [1.165, 1.54) is 4.88 Å². The topological polar surface area (TPSA) is 26.0 Å². The molecule has 1 unspecified atom stereocenters. The zero-order valence-corrected chi connectivity index (χ0v) is 7.90. The lowest BCUT2D eigenvalue weighted by Gasteiger charge is -2.11. The highest BCUT2D eigenvalue weighted by Gasteiger charge is 2.07. The van der Waals surface area contributed by atoms with Gasteiger partial charge in [-0.2, -0.15) is 0 Å². The highest BCUT2D eigenvalue weighted by atomic mass is 32.1. The van der Waals surface area contributed by atoms with Gasteiger partial charge in [0.05, 0.1) is 0 Å². The van der Waals surface area contributed by atoms with Crippen molar-refractivity contribution < 1.29 is 0 Å². The van der Waals surface area contributed by atoms with Gasteiger partial charge in [0, 0.05) is 10.9 Å². The maximum absolute atomic E-state index is 5.95. The summed E-state index contributed by atoms with van der Waals surface area (Å²) in [5, 5.41) is 2.08. The zero-order valence-electron chi connectivity index (χ0n) is 7.08. The van der Waals surface area contributed by atoms with Gasteiger partial charge in [0.25, 0.3) is 0 Å². The molecule has 1 rings (SSSR count). The van der Waals surface area contributed by atoms with Crippen LogP contribution in [0.5, 0.6) is 0 Å². The molecule has 0 amide bonds. The molecule has 11 heavy (non-hydrogen) atoms. The van der Waals surface area contributed by atoms with E-state index in [0.717, 1.165) is 6.42 Å². The molecule has 1 atom stereocenters. The summed E-state index contributed by atoms with van der Waals surface area (Å²) in [6.45, 7) is 4.40. The van der Waals surface area contributed by atoms with Crippen LogP contribution in [0.15, 0.2) is 17.5 Å². The fourth-order valence-electron chi connectivity index (χ4n) is 1.13. The molecule has 1 aromatic rings. The minimum atomic E-state index is 0.245. The normalized spacial score (nSPS) is 13.8. The Morgan fingerprint density at radius 3 is 2.73 bits per heavy atom. The molecule has 0 saturated heterocycles. The fraction of sp³-hybridized carbons (Fsp3) is 0.556. The molecule has 0 radical (unpaired) electrons. The van der Waals surface area contributed by atoms with Crippen molar-refractivity contribution in [2.75, 3.05) is 0 Å². The van der Waals surface area contributed by atoms with Crippen LogP contribution in [0.1, 0.15) is 31.2 Å². The summed E-state index contributed by atoms with van der Waals surface area (Å²) in [5.41, 5.74) is 5.95. The largest absolute Gasteiger partial charge is 0.323 e. The molecule has 0 fully saturated rings. The maximum Gasteiger partial charge on any atom is 0.0392 e. The van der Waals surface area contributed by atoms with Crippen molar-refractivity contribution in [3.63, 3.8) is 0 Å². The first-order valence-electron chi connectivity index (χ1n) is 3.99. The predicted octanol–water partition coefficient (Wildman–Crippen LogP) is 2.79. The number of hydrogen-bond acceptors (Lipinski definition) is 2. The van der Waals surface area contributed by atoms with Gasteiger partial charge in [-0.05, 0) is 23.8 Å². The maximum atomic E-state index is 5.95. The Morgan fingerprint density at radius 2 is 2.27 bits per heavy atom. The van der Waals surface area contributed by atoms with E-state index < -0.39 is 0 Å². The first-order chi connectivity index (χ1) is 5.20. The third-order valence-electron chi connectivity index (χ3n) is 1.63. The van der Waals surface area contributed by atoms with Crippen molar-refractivity contribution in [3.8, 4) is 0 Å². The molecule has 2 heteroatoms. The van der Waals surface area contributed by atoms with Gasteiger partial charge in [-0.3, -0.25) is 0 Å². The Kier molecular flexibility index (Phi) is 3.09. The average Bonchev–Trinajstić information content (AvgIpc) is 2.35. The lowest BCUT2D eigenvalue weighted by atomic mass is 10.0. The lowest BCUT2D eigenvalue weighted by Crippen LogP contribution is -2.11. The zero-order chi connectivity index (χ0) is 8.27. The third-order valence-corrected chi connectivity index (χ3v) is 2.64. The van der Waals surface area contributed by atoms with Crippen LogP contribution in [-0.2, 0) is 0 Å². The molecule has 1 aromatic heterocycles. The molecule has 0 spiro atoms. The first kappa shape index (κ1) is 8.75. The van der Waals surface area contributed by atoms with Gasteiger partial charge in [-0.25, -0.2) is 0 Å². The van der Waals surface area contributed by atoms with E-state index in [4.69, 9.17) is 5.73 Å². The molecule has 0 aliphatic rings.